The molecule has 1 aliphatic carbocycles. The third-order valence-corrected chi connectivity index (χ3v) is 6.61. The largest absolute Gasteiger partial charge is 0.333 e. The van der Waals surface area contributed by atoms with E-state index in [0.717, 1.165) is 6.42 Å². The smallest absolute Gasteiger partial charge is 0.322 e. The van der Waals surface area contributed by atoms with Crippen molar-refractivity contribution in [2.45, 2.75) is 38.8 Å². The zero-order chi connectivity index (χ0) is 21.7. The second-order valence-corrected chi connectivity index (χ2v) is 9.01. The van der Waals surface area contributed by atoms with Gasteiger partial charge in [0, 0.05) is 12.2 Å². The Balaban J connectivity index is 1.34. The highest BCUT2D eigenvalue weighted by molar-refractivity contribution is 5.95. The molecule has 0 spiro atoms. The fourth-order valence-electron chi connectivity index (χ4n) is 5.13. The Morgan fingerprint density at radius 3 is 2.81 bits per heavy atom. The van der Waals surface area contributed by atoms with Gasteiger partial charge >= 0.3 is 6.03 Å². The maximum atomic E-state index is 13.6. The van der Waals surface area contributed by atoms with Crippen LogP contribution in [0.15, 0.2) is 48.5 Å². The summed E-state index contributed by atoms with van der Waals surface area (Å²) in [6.45, 7) is 5.28. The summed E-state index contributed by atoms with van der Waals surface area (Å²) in [6, 6.07) is 12.4. The molecule has 0 unspecified atom stereocenters. The summed E-state index contributed by atoms with van der Waals surface area (Å²) in [7, 11) is 0. The van der Waals surface area contributed by atoms with Crippen LogP contribution in [0.2, 0.25) is 0 Å². The Bertz CT molecular complexity index is 1090. The molecule has 5 nitrogen and oxygen atoms in total. The van der Waals surface area contributed by atoms with Crippen molar-refractivity contribution < 1.29 is 14.0 Å². The van der Waals surface area contributed by atoms with E-state index < -0.39 is 0 Å². The van der Waals surface area contributed by atoms with Gasteiger partial charge in [-0.1, -0.05) is 44.2 Å². The molecule has 1 N–H and O–H groups in total. The van der Waals surface area contributed by atoms with Crippen LogP contribution in [-0.2, 0) is 11.3 Å². The normalized spacial score (nSPS) is 21.9. The maximum Gasteiger partial charge on any atom is 0.322 e. The van der Waals surface area contributed by atoms with E-state index in [2.05, 4.69) is 49.5 Å². The van der Waals surface area contributed by atoms with Crippen molar-refractivity contribution in [3.05, 3.63) is 71.0 Å². The summed E-state index contributed by atoms with van der Waals surface area (Å²) < 4.78 is 13.6. The Hall–Kier alpha value is -3.15. The summed E-state index contributed by atoms with van der Waals surface area (Å²) in [5.41, 5.74) is 5.03. The fourth-order valence-corrected chi connectivity index (χ4v) is 5.13. The Morgan fingerprint density at radius 1 is 1.23 bits per heavy atom. The number of rotatable bonds is 4. The molecule has 5 rings (SSSR count). The lowest BCUT2D eigenvalue weighted by Crippen LogP contribution is -2.48. The number of likely N-dealkylation sites (tertiary alicyclic amines) is 1. The van der Waals surface area contributed by atoms with Crippen LogP contribution in [0.5, 0.6) is 0 Å². The van der Waals surface area contributed by atoms with Crippen LogP contribution in [-0.4, -0.2) is 40.9 Å². The number of fused-ring (bicyclic) bond motifs is 3. The van der Waals surface area contributed by atoms with Gasteiger partial charge in [-0.25, -0.2) is 9.18 Å². The Morgan fingerprint density at radius 2 is 2.03 bits per heavy atom. The third kappa shape index (κ3) is 3.50. The van der Waals surface area contributed by atoms with Crippen molar-refractivity contribution >= 4 is 23.2 Å². The van der Waals surface area contributed by atoms with Crippen LogP contribution in [0.1, 0.15) is 42.9 Å². The van der Waals surface area contributed by atoms with Crippen LogP contribution >= 0.6 is 0 Å². The van der Waals surface area contributed by atoms with Gasteiger partial charge < -0.3 is 15.1 Å². The highest BCUT2D eigenvalue weighted by Crippen LogP contribution is 2.43. The summed E-state index contributed by atoms with van der Waals surface area (Å²) in [6.07, 6.45) is 3.26. The maximum absolute atomic E-state index is 13.6. The summed E-state index contributed by atoms with van der Waals surface area (Å²) in [5.74, 6) is 0.346. The van der Waals surface area contributed by atoms with Gasteiger partial charge in [-0.05, 0) is 58.7 Å². The van der Waals surface area contributed by atoms with Crippen LogP contribution in [0.4, 0.5) is 14.9 Å². The minimum absolute atomic E-state index is 0.00981. The quantitative estimate of drug-likeness (QED) is 0.787. The van der Waals surface area contributed by atoms with Gasteiger partial charge in [0.2, 0.25) is 5.91 Å². The van der Waals surface area contributed by atoms with E-state index in [4.69, 9.17) is 0 Å². The number of urea groups is 1. The molecular formula is C25H26FN3O2. The van der Waals surface area contributed by atoms with E-state index in [1.54, 1.807) is 6.07 Å². The standard InChI is InChI=1S/C25H26FN3O2/c1-15(2)19-5-3-4-6-20(19)21-9-16-10-23(21)29(12-16)24(30)14-28-13-17-11-18(26)7-8-22(17)27-25(28)31/h3-9,11,15-16,23H,10,12-14H2,1-2H3,(H,27,31)/t16-,23-/m1/s1. The summed E-state index contributed by atoms with van der Waals surface area (Å²) >= 11 is 0. The lowest BCUT2D eigenvalue weighted by Gasteiger charge is -2.34. The molecule has 1 saturated heterocycles. The van der Waals surface area contributed by atoms with Crippen molar-refractivity contribution in [3.63, 3.8) is 0 Å². The number of halogens is 1. The molecule has 2 aromatic rings. The molecule has 3 amide bonds. The highest BCUT2D eigenvalue weighted by atomic mass is 19.1. The molecule has 2 heterocycles. The molecule has 2 atom stereocenters. The van der Waals surface area contributed by atoms with Crippen molar-refractivity contribution in [2.24, 2.45) is 5.92 Å². The number of nitrogens with one attached hydrogen (secondary N) is 1. The molecular weight excluding hydrogens is 393 g/mol. The minimum atomic E-state index is -0.350. The van der Waals surface area contributed by atoms with Crippen LogP contribution in [0.3, 0.4) is 0 Å². The van der Waals surface area contributed by atoms with Crippen molar-refractivity contribution in [2.75, 3.05) is 18.4 Å². The third-order valence-electron chi connectivity index (χ3n) is 6.61. The summed E-state index contributed by atoms with van der Waals surface area (Å²) in [4.78, 5) is 29.1. The molecule has 1 fully saturated rings. The number of hydrogen-bond acceptors (Lipinski definition) is 2. The minimum Gasteiger partial charge on any atom is -0.333 e. The van der Waals surface area contributed by atoms with Crippen molar-refractivity contribution in [1.82, 2.24) is 9.80 Å². The van der Waals surface area contributed by atoms with Gasteiger partial charge in [0.05, 0.1) is 12.6 Å². The first-order valence-corrected chi connectivity index (χ1v) is 10.9. The second kappa shape index (κ2) is 7.52. The first kappa shape index (κ1) is 19.8. The van der Waals surface area contributed by atoms with Crippen molar-refractivity contribution in [1.29, 1.82) is 0 Å². The van der Waals surface area contributed by atoms with Crippen LogP contribution < -0.4 is 5.32 Å². The molecule has 160 valence electrons. The molecule has 3 aliphatic rings. The molecule has 0 aromatic heterocycles. The zero-order valence-electron chi connectivity index (χ0n) is 17.8. The van der Waals surface area contributed by atoms with Gasteiger partial charge in [-0.3, -0.25) is 4.79 Å². The number of amides is 3. The Labute approximate surface area is 181 Å². The van der Waals surface area contributed by atoms with E-state index in [1.807, 2.05) is 4.90 Å². The van der Waals surface area contributed by atoms with E-state index in [-0.39, 0.29) is 36.9 Å². The average molecular weight is 420 g/mol. The number of nitrogens with zero attached hydrogens (tertiary/aromatic N) is 2. The Kier molecular flexibility index (Phi) is 4.80. The monoisotopic (exact) mass is 419 g/mol. The van der Waals surface area contributed by atoms with E-state index in [9.17, 15) is 14.0 Å². The highest BCUT2D eigenvalue weighted by Gasteiger charge is 2.43. The van der Waals surface area contributed by atoms with Gasteiger partial charge in [0.25, 0.3) is 0 Å². The summed E-state index contributed by atoms with van der Waals surface area (Å²) in [5, 5.41) is 2.76. The molecule has 0 radical (unpaired) electrons. The predicted octanol–water partition coefficient (Wildman–Crippen LogP) is 4.61. The molecule has 6 heteroatoms. The average Bonchev–Trinajstić information content (AvgIpc) is 3.36. The van der Waals surface area contributed by atoms with Gasteiger partial charge in [0.15, 0.2) is 0 Å². The first-order valence-electron chi connectivity index (χ1n) is 10.9. The number of carbonyl (C=O) groups is 2. The molecule has 2 aliphatic heterocycles. The van der Waals surface area contributed by atoms with Crippen LogP contribution in [0, 0.1) is 11.7 Å². The molecule has 2 aromatic carbocycles. The number of benzene rings is 2. The van der Waals surface area contributed by atoms with Crippen molar-refractivity contribution in [3.8, 4) is 0 Å². The van der Waals surface area contributed by atoms with E-state index in [1.165, 1.54) is 33.7 Å². The van der Waals surface area contributed by atoms with Gasteiger partial charge in [0.1, 0.15) is 12.4 Å². The van der Waals surface area contributed by atoms with E-state index in [0.29, 0.717) is 29.6 Å². The zero-order valence-corrected chi connectivity index (χ0v) is 17.8. The fraction of sp³-hybridized carbons (Fsp3) is 0.360. The first-order chi connectivity index (χ1) is 14.9. The topological polar surface area (TPSA) is 52.7 Å². The molecule has 2 bridgehead atoms. The SMILES string of the molecule is CC(C)c1ccccc1C1=C[C@@H]2C[C@H]1N(C(=O)CN1Cc3cc(F)ccc3NC1=O)C2. The number of hydrogen-bond donors (Lipinski definition) is 1. The van der Waals surface area contributed by atoms with Crippen LogP contribution in [0.25, 0.3) is 5.57 Å². The van der Waals surface area contributed by atoms with Gasteiger partial charge in [-0.15, -0.1) is 0 Å². The van der Waals surface area contributed by atoms with Gasteiger partial charge in [-0.2, -0.15) is 0 Å². The predicted molar refractivity (Wildman–Crippen MR) is 118 cm³/mol. The molecule has 31 heavy (non-hydrogen) atoms. The number of carbonyl (C=O) groups excluding carboxylic acids is 2. The number of anilines is 1. The van der Waals surface area contributed by atoms with E-state index >= 15 is 0 Å². The second-order valence-electron chi connectivity index (χ2n) is 9.01. The lowest BCUT2D eigenvalue weighted by molar-refractivity contribution is -0.132. The molecule has 0 saturated carbocycles. The lowest BCUT2D eigenvalue weighted by atomic mass is 9.90.